The summed E-state index contributed by atoms with van der Waals surface area (Å²) in [5.41, 5.74) is 5.25. The summed E-state index contributed by atoms with van der Waals surface area (Å²) in [6, 6.07) is 10.3. The molecular weight excluding hydrogens is 496 g/mol. The summed E-state index contributed by atoms with van der Waals surface area (Å²) in [5, 5.41) is 27.4. The number of likely N-dealkylation sites (N-methyl/N-ethyl adjacent to an activating group) is 1. The molecule has 0 heterocycles. The standard InChI is InChI=1S/C28H33F2N3O5/c1-3-33-26(36)22-14-28(27(31)37,8-7-24(22)34)23(12-18-9-19(29)13-20(30)10-18)25(35)16-32-15-17-5-4-6-21(11-17)38-2/h4-11,13,23,25,32,34-35H,3,12,14-16H2,1-2H3,(H2,31,37)(H,33,36)/t23-,25+,28?/m1/s1. The second-order valence-electron chi connectivity index (χ2n) is 9.28. The molecule has 6 N–H and O–H groups in total. The van der Waals surface area contributed by atoms with Crippen molar-refractivity contribution < 1.29 is 33.3 Å². The zero-order valence-electron chi connectivity index (χ0n) is 21.3. The highest BCUT2D eigenvalue weighted by atomic mass is 19.1. The molecule has 38 heavy (non-hydrogen) atoms. The molecule has 2 aromatic carbocycles. The van der Waals surface area contributed by atoms with Gasteiger partial charge in [0.05, 0.1) is 24.2 Å². The van der Waals surface area contributed by atoms with Crippen LogP contribution in [-0.2, 0) is 22.6 Å². The maximum atomic E-state index is 14.0. The van der Waals surface area contributed by atoms with Crippen LogP contribution in [0.1, 0.15) is 24.5 Å². The second-order valence-corrected chi connectivity index (χ2v) is 9.28. The predicted molar refractivity (Wildman–Crippen MR) is 138 cm³/mol. The maximum absolute atomic E-state index is 14.0. The van der Waals surface area contributed by atoms with Crippen LogP contribution >= 0.6 is 0 Å². The number of nitrogens with one attached hydrogen (secondary N) is 2. The Kier molecular flexibility index (Phi) is 9.60. The van der Waals surface area contributed by atoms with Crippen LogP contribution in [0.15, 0.2) is 65.9 Å². The lowest BCUT2D eigenvalue weighted by atomic mass is 9.64. The molecule has 0 bridgehead atoms. The molecule has 1 aliphatic carbocycles. The van der Waals surface area contributed by atoms with Crippen LogP contribution in [0.3, 0.4) is 0 Å². The van der Waals surface area contributed by atoms with E-state index in [1.165, 1.54) is 12.2 Å². The Morgan fingerprint density at radius 2 is 1.87 bits per heavy atom. The van der Waals surface area contributed by atoms with E-state index >= 15 is 0 Å². The summed E-state index contributed by atoms with van der Waals surface area (Å²) in [7, 11) is 1.55. The quantitative estimate of drug-likeness (QED) is 0.287. The summed E-state index contributed by atoms with van der Waals surface area (Å²) in [6.07, 6.45) is 0.895. The van der Waals surface area contributed by atoms with Gasteiger partial charge in [-0.15, -0.1) is 0 Å². The Bertz CT molecular complexity index is 1210. The first-order valence-corrected chi connectivity index (χ1v) is 12.3. The number of hydrogen-bond donors (Lipinski definition) is 5. The molecule has 0 radical (unpaired) electrons. The van der Waals surface area contributed by atoms with E-state index in [9.17, 15) is 28.6 Å². The molecule has 1 unspecified atom stereocenters. The summed E-state index contributed by atoms with van der Waals surface area (Å²) in [5.74, 6) is -3.71. The number of amides is 2. The smallest absolute Gasteiger partial charge is 0.250 e. The van der Waals surface area contributed by atoms with Crippen LogP contribution in [0, 0.1) is 23.0 Å². The van der Waals surface area contributed by atoms with Crippen molar-refractivity contribution in [3.8, 4) is 5.75 Å². The Balaban J connectivity index is 1.93. The third-order valence-electron chi connectivity index (χ3n) is 6.71. The third kappa shape index (κ3) is 6.76. The number of aliphatic hydroxyl groups excluding tert-OH is 2. The highest BCUT2D eigenvalue weighted by Gasteiger charge is 2.48. The van der Waals surface area contributed by atoms with Crippen LogP contribution in [-0.4, -0.2) is 48.3 Å². The number of ether oxygens (including phenoxy) is 1. The normalized spacial score (nSPS) is 18.7. The molecular formula is C28H33F2N3O5. The number of primary amides is 1. The molecule has 8 nitrogen and oxygen atoms in total. The number of allylic oxidation sites excluding steroid dienone is 1. The minimum atomic E-state index is -1.63. The number of aliphatic hydroxyl groups is 2. The molecule has 1 aliphatic rings. The van der Waals surface area contributed by atoms with Gasteiger partial charge >= 0.3 is 0 Å². The monoisotopic (exact) mass is 529 g/mol. The average Bonchev–Trinajstić information content (AvgIpc) is 2.87. The molecule has 0 saturated carbocycles. The molecule has 0 fully saturated rings. The summed E-state index contributed by atoms with van der Waals surface area (Å²) in [4.78, 5) is 25.6. The van der Waals surface area contributed by atoms with Gasteiger partial charge in [0.15, 0.2) is 0 Å². The molecule has 2 aromatic rings. The number of carbonyl (C=O) groups excluding carboxylic acids is 2. The van der Waals surface area contributed by atoms with Crippen LogP contribution in [0.4, 0.5) is 8.78 Å². The summed E-state index contributed by atoms with van der Waals surface area (Å²) >= 11 is 0. The first-order valence-electron chi connectivity index (χ1n) is 12.3. The lowest BCUT2D eigenvalue weighted by molar-refractivity contribution is -0.131. The van der Waals surface area contributed by atoms with Crippen molar-refractivity contribution in [2.45, 2.75) is 32.4 Å². The Hall–Kier alpha value is -3.76. The molecule has 2 amide bonds. The van der Waals surface area contributed by atoms with Crippen molar-refractivity contribution in [3.05, 3.63) is 88.7 Å². The number of halogens is 2. The van der Waals surface area contributed by atoms with Crippen molar-refractivity contribution in [1.82, 2.24) is 10.6 Å². The number of nitrogens with two attached hydrogens (primary N) is 1. The van der Waals surface area contributed by atoms with E-state index < -0.39 is 40.9 Å². The number of hydrogen-bond acceptors (Lipinski definition) is 6. The van der Waals surface area contributed by atoms with E-state index in [1.54, 1.807) is 20.1 Å². The van der Waals surface area contributed by atoms with Gasteiger partial charge in [0.2, 0.25) is 5.91 Å². The molecule has 10 heteroatoms. The minimum Gasteiger partial charge on any atom is -0.507 e. The van der Waals surface area contributed by atoms with E-state index in [0.29, 0.717) is 12.3 Å². The summed E-state index contributed by atoms with van der Waals surface area (Å²) < 4.78 is 33.2. The van der Waals surface area contributed by atoms with Crippen LogP contribution in [0.25, 0.3) is 0 Å². The number of carbonyl (C=O) groups is 2. The van der Waals surface area contributed by atoms with Gasteiger partial charge in [-0.1, -0.05) is 18.2 Å². The van der Waals surface area contributed by atoms with Crippen molar-refractivity contribution in [2.75, 3.05) is 20.2 Å². The zero-order chi connectivity index (χ0) is 27.9. The van der Waals surface area contributed by atoms with Gasteiger partial charge in [-0.25, -0.2) is 8.78 Å². The maximum Gasteiger partial charge on any atom is 0.250 e. The predicted octanol–water partition coefficient (Wildman–Crippen LogP) is 2.66. The fraction of sp³-hybridized carbons (Fsp3) is 0.357. The molecule has 0 saturated heterocycles. The van der Waals surface area contributed by atoms with Crippen molar-refractivity contribution in [1.29, 1.82) is 0 Å². The van der Waals surface area contributed by atoms with Gasteiger partial charge in [-0.05, 0) is 61.2 Å². The van der Waals surface area contributed by atoms with E-state index in [4.69, 9.17) is 10.5 Å². The number of methoxy groups -OCH3 is 1. The van der Waals surface area contributed by atoms with Gasteiger partial charge in [-0.2, -0.15) is 0 Å². The number of benzene rings is 2. The zero-order valence-corrected chi connectivity index (χ0v) is 21.3. The molecule has 204 valence electrons. The average molecular weight is 530 g/mol. The second kappa shape index (κ2) is 12.7. The van der Waals surface area contributed by atoms with Crippen LogP contribution < -0.4 is 21.1 Å². The minimum absolute atomic E-state index is 0.00523. The Labute approximate surface area is 220 Å². The van der Waals surface area contributed by atoms with E-state index in [-0.39, 0.29) is 42.8 Å². The van der Waals surface area contributed by atoms with Gasteiger partial charge < -0.3 is 31.3 Å². The highest BCUT2D eigenvalue weighted by molar-refractivity contribution is 5.97. The van der Waals surface area contributed by atoms with Crippen molar-refractivity contribution in [3.63, 3.8) is 0 Å². The van der Waals surface area contributed by atoms with Crippen molar-refractivity contribution in [2.24, 2.45) is 17.1 Å². The van der Waals surface area contributed by atoms with Gasteiger partial charge in [0.25, 0.3) is 5.91 Å². The lowest BCUT2D eigenvalue weighted by Crippen LogP contribution is -2.51. The lowest BCUT2D eigenvalue weighted by Gasteiger charge is -2.41. The Morgan fingerprint density at radius 3 is 2.50 bits per heavy atom. The van der Waals surface area contributed by atoms with E-state index in [1.807, 2.05) is 18.2 Å². The van der Waals surface area contributed by atoms with Crippen LogP contribution in [0.2, 0.25) is 0 Å². The highest BCUT2D eigenvalue weighted by Crippen LogP contribution is 2.43. The van der Waals surface area contributed by atoms with Gasteiger partial charge in [-0.3, -0.25) is 9.59 Å². The van der Waals surface area contributed by atoms with Gasteiger partial charge in [0.1, 0.15) is 23.1 Å². The van der Waals surface area contributed by atoms with E-state index in [2.05, 4.69) is 10.6 Å². The summed E-state index contributed by atoms with van der Waals surface area (Å²) in [6.45, 7) is 2.34. The molecule has 0 spiro atoms. The first kappa shape index (κ1) is 28.8. The largest absolute Gasteiger partial charge is 0.507 e. The Morgan fingerprint density at radius 1 is 1.16 bits per heavy atom. The van der Waals surface area contributed by atoms with Crippen molar-refractivity contribution >= 4 is 11.8 Å². The fourth-order valence-corrected chi connectivity index (χ4v) is 4.77. The van der Waals surface area contributed by atoms with Crippen LogP contribution in [0.5, 0.6) is 5.75 Å². The molecule has 0 aromatic heterocycles. The van der Waals surface area contributed by atoms with E-state index in [0.717, 1.165) is 23.8 Å². The third-order valence-corrected chi connectivity index (χ3v) is 6.71. The SMILES string of the molecule is CCNC(=O)C1=C(O)C=CC(C(N)=O)([C@H](Cc2cc(F)cc(F)c2)[C@@H](O)CNCc2cccc(OC)c2)C1. The molecule has 3 rings (SSSR count). The molecule has 0 aliphatic heterocycles. The first-order chi connectivity index (χ1) is 18.1. The topological polar surface area (TPSA) is 134 Å². The molecule has 3 atom stereocenters. The number of rotatable bonds is 12. The van der Waals surface area contributed by atoms with Gasteiger partial charge in [0, 0.05) is 31.6 Å². The fourth-order valence-electron chi connectivity index (χ4n) is 4.77.